The van der Waals surface area contributed by atoms with Gasteiger partial charge in [-0.15, -0.1) is 0 Å². The fourth-order valence-corrected chi connectivity index (χ4v) is 4.85. The van der Waals surface area contributed by atoms with Crippen molar-refractivity contribution < 1.29 is 36.6 Å². The van der Waals surface area contributed by atoms with Crippen LogP contribution >= 0.6 is 11.9 Å². The van der Waals surface area contributed by atoms with E-state index in [4.69, 9.17) is 9.84 Å². The lowest BCUT2D eigenvalue weighted by molar-refractivity contribution is -0.144. The molecule has 10 heteroatoms. The van der Waals surface area contributed by atoms with Crippen molar-refractivity contribution in [2.75, 3.05) is 6.61 Å². The molecule has 1 heterocycles. The molecule has 3 rings (SSSR count). The first-order chi connectivity index (χ1) is 15.3. The van der Waals surface area contributed by atoms with Crippen molar-refractivity contribution in [3.8, 4) is 5.75 Å². The first-order valence-corrected chi connectivity index (χ1v) is 10.9. The van der Waals surface area contributed by atoms with Crippen LogP contribution in [-0.2, 0) is 11.2 Å². The molecule has 0 bridgehead atoms. The molecule has 0 spiro atoms. The van der Waals surface area contributed by atoms with Gasteiger partial charge in [0.2, 0.25) is 0 Å². The largest absolute Gasteiger partial charge is 0.492 e. The van der Waals surface area contributed by atoms with Crippen molar-refractivity contribution in [3.63, 3.8) is 0 Å². The van der Waals surface area contributed by atoms with Crippen molar-refractivity contribution in [2.24, 2.45) is 9.81 Å². The number of benzene rings is 2. The molecule has 2 atom stereocenters. The van der Waals surface area contributed by atoms with E-state index in [0.717, 1.165) is 23.3 Å². The summed E-state index contributed by atoms with van der Waals surface area (Å²) in [5.41, 5.74) is 0.637. The molecule has 2 aromatic carbocycles. The average Bonchev–Trinajstić information content (AvgIpc) is 3.08. The second kappa shape index (κ2) is 9.32. The lowest BCUT2D eigenvalue weighted by Crippen LogP contribution is -2.47. The molecule has 0 saturated carbocycles. The van der Waals surface area contributed by atoms with Crippen molar-refractivity contribution in [1.29, 1.82) is 0 Å². The molecule has 4 nitrogen and oxygen atoms in total. The third-order valence-electron chi connectivity index (χ3n) is 5.84. The Morgan fingerprint density at radius 2 is 1.85 bits per heavy atom. The molecule has 2 unspecified atom stereocenters. The number of nitrogens with zero attached hydrogens (tertiary/aromatic N) is 1. The van der Waals surface area contributed by atoms with Crippen LogP contribution in [0.5, 0.6) is 5.75 Å². The molecular formula is C23H22F5NO3S. The number of aliphatic carboxylic acids is 1. The lowest BCUT2D eigenvalue weighted by atomic mass is 9.78. The van der Waals surface area contributed by atoms with Crippen LogP contribution in [0.2, 0.25) is 0 Å². The molecule has 0 aliphatic carbocycles. The highest BCUT2D eigenvalue weighted by atomic mass is 32.2. The van der Waals surface area contributed by atoms with Crippen LogP contribution in [0.1, 0.15) is 35.6 Å². The summed E-state index contributed by atoms with van der Waals surface area (Å²) in [5, 5.41) is 6.95. The Bertz CT molecular complexity index is 1100. The summed E-state index contributed by atoms with van der Waals surface area (Å²) in [6.45, 7) is 4.47. The maximum atomic E-state index is 13.8. The molecule has 0 fully saturated rings. The fraction of sp³-hybridized carbons (Fsp3) is 0.391. The van der Waals surface area contributed by atoms with Gasteiger partial charge in [0.05, 0.1) is 11.1 Å². The summed E-state index contributed by atoms with van der Waals surface area (Å²) in [4.78, 5) is 10.8. The highest BCUT2D eigenvalue weighted by Crippen LogP contribution is 2.50. The molecule has 33 heavy (non-hydrogen) atoms. The minimum Gasteiger partial charge on any atom is -0.492 e. The Labute approximate surface area is 192 Å². The molecule has 2 aromatic rings. The summed E-state index contributed by atoms with van der Waals surface area (Å²) in [5.74, 6) is -2.86. The SMILES string of the molecule is Cc1c(CCC(=O)O)ccc(OCC2(C)C(c3ccc(F)c(F)c3)=NSC2C(F)(F)F)c1C. The average molecular weight is 487 g/mol. The van der Waals surface area contributed by atoms with Crippen LogP contribution < -0.4 is 4.74 Å². The van der Waals surface area contributed by atoms with Crippen molar-refractivity contribution in [2.45, 2.75) is 45.0 Å². The zero-order chi connectivity index (χ0) is 24.6. The normalized spacial score (nSPS) is 20.6. The number of hydrogen-bond acceptors (Lipinski definition) is 4. The Balaban J connectivity index is 1.91. The van der Waals surface area contributed by atoms with Crippen LogP contribution in [0.25, 0.3) is 0 Å². The van der Waals surface area contributed by atoms with Gasteiger partial charge in [-0.05, 0) is 80.1 Å². The van der Waals surface area contributed by atoms with Crippen LogP contribution in [-0.4, -0.2) is 34.8 Å². The summed E-state index contributed by atoms with van der Waals surface area (Å²) < 4.78 is 78.5. The van der Waals surface area contributed by atoms with E-state index in [2.05, 4.69) is 4.40 Å². The number of alkyl halides is 3. The zero-order valence-corrected chi connectivity index (χ0v) is 18.9. The van der Waals surface area contributed by atoms with Gasteiger partial charge < -0.3 is 9.84 Å². The van der Waals surface area contributed by atoms with E-state index in [0.29, 0.717) is 29.7 Å². The molecule has 0 saturated heterocycles. The van der Waals surface area contributed by atoms with Crippen LogP contribution in [0.3, 0.4) is 0 Å². The quantitative estimate of drug-likeness (QED) is 0.381. The monoisotopic (exact) mass is 487 g/mol. The standard InChI is InChI=1S/C23H22F5NO3S/c1-12-13(2)18(8-5-14(12)6-9-19(30)31)32-11-22(3)20(29-33-21(22)23(26,27)28)15-4-7-16(24)17(25)10-15/h4-5,7-8,10,21H,6,9,11H2,1-3H3,(H,30,31). The van der Waals surface area contributed by atoms with Gasteiger partial charge in [-0.1, -0.05) is 6.07 Å². The molecule has 0 amide bonds. The number of carboxylic acids is 1. The van der Waals surface area contributed by atoms with E-state index in [-0.39, 0.29) is 17.7 Å². The number of halogens is 5. The Morgan fingerprint density at radius 3 is 2.45 bits per heavy atom. The second-order valence-corrected chi connectivity index (χ2v) is 9.03. The van der Waals surface area contributed by atoms with Gasteiger partial charge in [-0.25, -0.2) is 13.2 Å². The zero-order valence-electron chi connectivity index (χ0n) is 18.1. The molecule has 1 N–H and O–H groups in total. The predicted molar refractivity (Wildman–Crippen MR) is 116 cm³/mol. The topological polar surface area (TPSA) is 58.9 Å². The van der Waals surface area contributed by atoms with E-state index in [9.17, 15) is 26.7 Å². The Hall–Kier alpha value is -2.62. The van der Waals surface area contributed by atoms with Gasteiger partial charge in [0.15, 0.2) is 11.6 Å². The summed E-state index contributed by atoms with van der Waals surface area (Å²) >= 11 is 0.335. The number of hydrogen-bond donors (Lipinski definition) is 1. The van der Waals surface area contributed by atoms with Crippen LogP contribution in [0.15, 0.2) is 34.7 Å². The molecule has 0 aromatic heterocycles. The molecular weight excluding hydrogens is 465 g/mol. The van der Waals surface area contributed by atoms with Crippen molar-refractivity contribution >= 4 is 23.6 Å². The van der Waals surface area contributed by atoms with Gasteiger partial charge in [0, 0.05) is 12.0 Å². The van der Waals surface area contributed by atoms with Crippen molar-refractivity contribution in [1.82, 2.24) is 0 Å². The Kier molecular flexibility index (Phi) is 7.07. The predicted octanol–water partition coefficient (Wildman–Crippen LogP) is 6.07. The number of carboxylic acid groups (broad SMARTS) is 1. The van der Waals surface area contributed by atoms with E-state index in [1.807, 2.05) is 0 Å². The van der Waals surface area contributed by atoms with Crippen LogP contribution in [0.4, 0.5) is 22.0 Å². The van der Waals surface area contributed by atoms with Gasteiger partial charge >= 0.3 is 12.1 Å². The van der Waals surface area contributed by atoms with E-state index >= 15 is 0 Å². The number of rotatable bonds is 7. The first-order valence-electron chi connectivity index (χ1n) is 10.0. The third kappa shape index (κ3) is 5.15. The maximum absolute atomic E-state index is 13.8. The molecule has 1 aliphatic heterocycles. The third-order valence-corrected chi connectivity index (χ3v) is 7.13. The summed E-state index contributed by atoms with van der Waals surface area (Å²) in [6, 6.07) is 6.17. The molecule has 1 aliphatic rings. The summed E-state index contributed by atoms with van der Waals surface area (Å²) in [6.07, 6.45) is -4.34. The highest BCUT2D eigenvalue weighted by Gasteiger charge is 2.58. The number of aryl methyl sites for hydroxylation is 1. The van der Waals surface area contributed by atoms with Crippen LogP contribution in [0, 0.1) is 30.9 Å². The van der Waals surface area contributed by atoms with Gasteiger partial charge in [-0.3, -0.25) is 4.79 Å². The first kappa shape index (κ1) is 25.0. The highest BCUT2D eigenvalue weighted by molar-refractivity contribution is 7.99. The van der Waals surface area contributed by atoms with Gasteiger partial charge in [0.1, 0.15) is 17.6 Å². The van der Waals surface area contributed by atoms with E-state index < -0.39 is 41.1 Å². The van der Waals surface area contributed by atoms with Crippen molar-refractivity contribution in [3.05, 3.63) is 64.2 Å². The number of carbonyl (C=O) groups is 1. The van der Waals surface area contributed by atoms with Gasteiger partial charge in [-0.2, -0.15) is 13.2 Å². The fourth-order valence-electron chi connectivity index (χ4n) is 3.79. The van der Waals surface area contributed by atoms with Gasteiger partial charge in [0.25, 0.3) is 0 Å². The minimum atomic E-state index is -4.61. The lowest BCUT2D eigenvalue weighted by Gasteiger charge is -2.33. The summed E-state index contributed by atoms with van der Waals surface area (Å²) in [7, 11) is 0. The Morgan fingerprint density at radius 1 is 1.15 bits per heavy atom. The minimum absolute atomic E-state index is 0.0267. The maximum Gasteiger partial charge on any atom is 0.403 e. The smallest absolute Gasteiger partial charge is 0.403 e. The number of ether oxygens (including phenoxy) is 1. The van der Waals surface area contributed by atoms with E-state index in [1.165, 1.54) is 13.0 Å². The molecule has 178 valence electrons. The molecule has 0 radical (unpaired) electrons. The second-order valence-electron chi connectivity index (χ2n) is 8.17. The van der Waals surface area contributed by atoms with E-state index in [1.54, 1.807) is 26.0 Å².